The zero-order chi connectivity index (χ0) is 32.7. The summed E-state index contributed by atoms with van der Waals surface area (Å²) in [6, 6.07) is 5.32. The molecule has 0 radical (unpaired) electrons. The number of likely N-dealkylation sites (N-methyl/N-ethyl adjacent to an activating group) is 1. The SMILES string of the molecule is C=C[C@@H]1C[C@@]1(C(=O)O)N(C)C(=O)[C@@H]1C[C@]2(CC(c3cccc(Cl)c3)=NO2)CN1C(=O)[C@@H](NC(=O)CC1CCCCC1)C(C)(C)C. The average Bonchev–Trinajstić information content (AvgIpc) is 3.44. The van der Waals surface area contributed by atoms with Crippen LogP contribution in [0.4, 0.5) is 0 Å². The van der Waals surface area contributed by atoms with Crippen LogP contribution in [0.25, 0.3) is 0 Å². The van der Waals surface area contributed by atoms with Crippen molar-refractivity contribution in [2.24, 2.45) is 22.4 Å². The van der Waals surface area contributed by atoms with E-state index in [1.807, 2.05) is 32.9 Å². The Bertz CT molecular complexity index is 1400. The van der Waals surface area contributed by atoms with E-state index in [1.54, 1.807) is 18.2 Å². The molecule has 2 aliphatic heterocycles. The van der Waals surface area contributed by atoms with E-state index < -0.39 is 52.3 Å². The van der Waals surface area contributed by atoms with Gasteiger partial charge in [0.1, 0.15) is 17.6 Å². The van der Waals surface area contributed by atoms with Gasteiger partial charge in [-0.1, -0.05) is 75.0 Å². The molecule has 1 spiro atoms. The van der Waals surface area contributed by atoms with Crippen molar-refractivity contribution >= 4 is 41.0 Å². The van der Waals surface area contributed by atoms with Gasteiger partial charge in [-0.3, -0.25) is 14.4 Å². The lowest BCUT2D eigenvalue weighted by Gasteiger charge is -2.37. The molecular formula is C34H45ClN4O6. The van der Waals surface area contributed by atoms with Crippen molar-refractivity contribution in [3.05, 3.63) is 47.5 Å². The molecule has 0 bridgehead atoms. The molecule has 3 amide bonds. The first-order valence-electron chi connectivity index (χ1n) is 16.0. The van der Waals surface area contributed by atoms with Gasteiger partial charge in [0.2, 0.25) is 17.7 Å². The molecule has 1 saturated heterocycles. The maximum atomic E-state index is 14.5. The molecule has 2 heterocycles. The second-order valence-corrected chi connectivity index (χ2v) is 14.9. The minimum Gasteiger partial charge on any atom is -0.479 e. The number of nitrogens with one attached hydrogen (secondary N) is 1. The van der Waals surface area contributed by atoms with Crippen LogP contribution in [-0.4, -0.2) is 81.1 Å². The Morgan fingerprint density at radius 3 is 2.53 bits per heavy atom. The molecule has 1 aromatic carbocycles. The molecule has 5 rings (SSSR count). The van der Waals surface area contributed by atoms with Crippen molar-refractivity contribution in [3.8, 4) is 0 Å². The fraction of sp³-hybridized carbons (Fsp3) is 0.618. The number of carboxylic acids is 1. The molecule has 2 saturated carbocycles. The molecule has 2 N–H and O–H groups in total. The van der Waals surface area contributed by atoms with Crippen LogP contribution >= 0.6 is 11.6 Å². The third-order valence-corrected chi connectivity index (χ3v) is 10.4. The number of rotatable bonds is 9. The number of amides is 3. The summed E-state index contributed by atoms with van der Waals surface area (Å²) in [6.45, 7) is 9.46. The van der Waals surface area contributed by atoms with E-state index in [0.717, 1.165) is 31.2 Å². The summed E-state index contributed by atoms with van der Waals surface area (Å²) < 4.78 is 0. The highest BCUT2D eigenvalue weighted by Crippen LogP contribution is 2.50. The molecule has 10 nitrogen and oxygen atoms in total. The Hall–Kier alpha value is -3.40. The highest BCUT2D eigenvalue weighted by atomic mass is 35.5. The zero-order valence-corrected chi connectivity index (χ0v) is 27.4. The Kier molecular flexibility index (Phi) is 9.10. The Labute approximate surface area is 270 Å². The predicted octanol–water partition coefficient (Wildman–Crippen LogP) is 4.79. The summed E-state index contributed by atoms with van der Waals surface area (Å²) in [5.74, 6) is -2.28. The number of carboxylic acid groups (broad SMARTS) is 1. The van der Waals surface area contributed by atoms with E-state index in [1.165, 1.54) is 23.3 Å². The van der Waals surface area contributed by atoms with Gasteiger partial charge in [0, 0.05) is 42.8 Å². The standard InChI is InChI=1S/C34H45ClN4O6/c1-6-23-17-34(23,31(43)44)38(5)29(41)26-19-33(18-25(37-45-33)22-13-10-14-24(35)16-22)20-39(26)30(42)28(32(2,3)4)36-27(40)15-21-11-8-7-9-12-21/h6,10,13-14,16,21,23,26,28H,1,7-9,11-12,15,17-20H2,2-5H3,(H,36,40)(H,43,44)/t23-,26+,28-,33-,34-/m1/s1. The van der Waals surface area contributed by atoms with Crippen LogP contribution in [0.1, 0.15) is 84.1 Å². The maximum absolute atomic E-state index is 14.5. The molecule has 3 fully saturated rings. The fourth-order valence-corrected chi connectivity index (χ4v) is 7.57. The molecule has 4 aliphatic rings. The number of aliphatic carboxylic acids is 1. The van der Waals surface area contributed by atoms with Crippen molar-refractivity contribution in [3.63, 3.8) is 0 Å². The van der Waals surface area contributed by atoms with Crippen molar-refractivity contribution < 1.29 is 29.1 Å². The summed E-state index contributed by atoms with van der Waals surface area (Å²) in [4.78, 5) is 63.2. The molecule has 0 unspecified atom stereocenters. The molecule has 5 atom stereocenters. The van der Waals surface area contributed by atoms with Crippen LogP contribution in [0.15, 0.2) is 42.1 Å². The number of carbonyl (C=O) groups excluding carboxylic acids is 3. The number of hydrogen-bond donors (Lipinski definition) is 2. The summed E-state index contributed by atoms with van der Waals surface area (Å²) in [5.41, 5.74) is -1.65. The van der Waals surface area contributed by atoms with E-state index >= 15 is 0 Å². The van der Waals surface area contributed by atoms with E-state index in [4.69, 9.17) is 16.4 Å². The van der Waals surface area contributed by atoms with Gasteiger partial charge in [-0.25, -0.2) is 4.79 Å². The Balaban J connectivity index is 1.42. The van der Waals surface area contributed by atoms with Crippen LogP contribution in [0.3, 0.4) is 0 Å². The molecule has 2 aliphatic carbocycles. The van der Waals surface area contributed by atoms with Gasteiger partial charge in [-0.2, -0.15) is 0 Å². The first kappa shape index (κ1) is 33.0. The smallest absolute Gasteiger partial charge is 0.330 e. The number of benzene rings is 1. The normalized spacial score (nSPS) is 28.6. The second kappa shape index (κ2) is 12.4. The summed E-state index contributed by atoms with van der Waals surface area (Å²) in [5, 5.41) is 18.1. The summed E-state index contributed by atoms with van der Waals surface area (Å²) in [6.07, 6.45) is 8.02. The number of hydrogen-bond acceptors (Lipinski definition) is 6. The molecule has 45 heavy (non-hydrogen) atoms. The second-order valence-electron chi connectivity index (χ2n) is 14.4. The first-order chi connectivity index (χ1) is 21.2. The highest BCUT2D eigenvalue weighted by molar-refractivity contribution is 6.31. The number of nitrogens with zero attached hydrogens (tertiary/aromatic N) is 3. The van der Waals surface area contributed by atoms with Gasteiger partial charge in [-0.05, 0) is 42.7 Å². The third-order valence-electron chi connectivity index (χ3n) is 10.2. The minimum atomic E-state index is -1.42. The lowest BCUT2D eigenvalue weighted by molar-refractivity contribution is -0.155. The van der Waals surface area contributed by atoms with Gasteiger partial charge >= 0.3 is 5.97 Å². The number of carbonyl (C=O) groups is 4. The Morgan fingerprint density at radius 1 is 1.22 bits per heavy atom. The van der Waals surface area contributed by atoms with Crippen molar-refractivity contribution in [2.75, 3.05) is 13.6 Å². The van der Waals surface area contributed by atoms with E-state index in [-0.39, 0.29) is 25.3 Å². The number of likely N-dealkylation sites (tertiary alicyclic amines) is 1. The zero-order valence-electron chi connectivity index (χ0n) is 26.7. The lowest BCUT2D eigenvalue weighted by atomic mass is 9.84. The van der Waals surface area contributed by atoms with Crippen LogP contribution in [0, 0.1) is 17.3 Å². The summed E-state index contributed by atoms with van der Waals surface area (Å²) in [7, 11) is 1.48. The highest BCUT2D eigenvalue weighted by Gasteiger charge is 2.65. The molecule has 11 heteroatoms. The first-order valence-corrected chi connectivity index (χ1v) is 16.3. The van der Waals surface area contributed by atoms with Crippen LogP contribution in [-0.2, 0) is 24.0 Å². The third kappa shape index (κ3) is 6.48. The van der Waals surface area contributed by atoms with Gasteiger partial charge < -0.3 is 25.1 Å². The van der Waals surface area contributed by atoms with E-state index in [9.17, 15) is 24.3 Å². The maximum Gasteiger partial charge on any atom is 0.330 e. The molecule has 244 valence electrons. The fourth-order valence-electron chi connectivity index (χ4n) is 7.38. The van der Waals surface area contributed by atoms with E-state index in [0.29, 0.717) is 29.5 Å². The quantitative estimate of drug-likeness (QED) is 0.374. The molecular weight excluding hydrogens is 596 g/mol. The van der Waals surface area contributed by atoms with Gasteiger partial charge in [0.25, 0.3) is 0 Å². The molecule has 0 aromatic heterocycles. The van der Waals surface area contributed by atoms with Crippen molar-refractivity contribution in [2.45, 2.75) is 102 Å². The van der Waals surface area contributed by atoms with E-state index in [2.05, 4.69) is 17.1 Å². The van der Waals surface area contributed by atoms with Gasteiger partial charge in [0.15, 0.2) is 5.60 Å². The molecule has 1 aromatic rings. The minimum absolute atomic E-state index is 0.0552. The van der Waals surface area contributed by atoms with Crippen LogP contribution in [0.2, 0.25) is 5.02 Å². The monoisotopic (exact) mass is 640 g/mol. The van der Waals surface area contributed by atoms with Gasteiger partial charge in [0.05, 0.1) is 12.3 Å². The number of oxime groups is 1. The average molecular weight is 641 g/mol. The van der Waals surface area contributed by atoms with Crippen LogP contribution < -0.4 is 5.32 Å². The predicted molar refractivity (Wildman–Crippen MR) is 171 cm³/mol. The van der Waals surface area contributed by atoms with Crippen LogP contribution in [0.5, 0.6) is 0 Å². The summed E-state index contributed by atoms with van der Waals surface area (Å²) >= 11 is 6.23. The largest absolute Gasteiger partial charge is 0.479 e. The lowest BCUT2D eigenvalue weighted by Crippen LogP contribution is -2.59. The van der Waals surface area contributed by atoms with Crippen molar-refractivity contribution in [1.82, 2.24) is 15.1 Å². The Morgan fingerprint density at radius 2 is 1.93 bits per heavy atom. The van der Waals surface area contributed by atoms with Crippen molar-refractivity contribution in [1.29, 1.82) is 0 Å². The topological polar surface area (TPSA) is 129 Å². The number of halogens is 1. The van der Waals surface area contributed by atoms with Gasteiger partial charge in [-0.15, -0.1) is 6.58 Å².